The third kappa shape index (κ3) is 4.27. The molecule has 0 spiro atoms. The Kier molecular flexibility index (Phi) is 5.08. The summed E-state index contributed by atoms with van der Waals surface area (Å²) in [5, 5.41) is 11.3. The summed E-state index contributed by atoms with van der Waals surface area (Å²) in [4.78, 5) is 36.6. The van der Waals surface area contributed by atoms with Gasteiger partial charge in [-0.25, -0.2) is 9.59 Å². The number of benzene rings is 1. The van der Waals surface area contributed by atoms with Crippen molar-refractivity contribution in [3.63, 3.8) is 0 Å². The minimum Gasteiger partial charge on any atom is -0.478 e. The van der Waals surface area contributed by atoms with Crippen molar-refractivity contribution in [1.29, 1.82) is 0 Å². The van der Waals surface area contributed by atoms with E-state index < -0.39 is 12.0 Å². The van der Waals surface area contributed by atoms with Gasteiger partial charge in [-0.1, -0.05) is 0 Å². The summed E-state index contributed by atoms with van der Waals surface area (Å²) in [7, 11) is 4.72. The molecule has 0 atom stereocenters. The SMILES string of the molecule is CN(C)C(=O)CN(C)C(=O)Nc1ccc(C(=O)O)cc1. The number of amides is 3. The molecule has 3 amide bonds. The number of likely N-dealkylation sites (N-methyl/N-ethyl adjacent to an activating group) is 2. The fraction of sp³-hybridized carbons (Fsp3) is 0.308. The Morgan fingerprint density at radius 3 is 2.10 bits per heavy atom. The van der Waals surface area contributed by atoms with Gasteiger partial charge in [0.1, 0.15) is 6.54 Å². The number of hydrogen-bond donors (Lipinski definition) is 2. The summed E-state index contributed by atoms with van der Waals surface area (Å²) in [6, 6.07) is 5.32. The number of aromatic carboxylic acids is 1. The van der Waals surface area contributed by atoms with Crippen LogP contribution >= 0.6 is 0 Å². The largest absolute Gasteiger partial charge is 0.478 e. The van der Waals surface area contributed by atoms with E-state index in [0.717, 1.165) is 0 Å². The van der Waals surface area contributed by atoms with Crippen molar-refractivity contribution in [2.45, 2.75) is 0 Å². The number of carbonyl (C=O) groups excluding carboxylic acids is 2. The zero-order chi connectivity index (χ0) is 15.3. The lowest BCUT2D eigenvalue weighted by molar-refractivity contribution is -0.129. The minimum absolute atomic E-state index is 0.0357. The maximum Gasteiger partial charge on any atom is 0.335 e. The van der Waals surface area contributed by atoms with E-state index >= 15 is 0 Å². The number of anilines is 1. The van der Waals surface area contributed by atoms with E-state index in [2.05, 4.69) is 5.32 Å². The van der Waals surface area contributed by atoms with Crippen LogP contribution in [0.25, 0.3) is 0 Å². The number of nitrogens with zero attached hydrogens (tertiary/aromatic N) is 2. The number of carboxylic acid groups (broad SMARTS) is 1. The van der Waals surface area contributed by atoms with E-state index in [1.54, 1.807) is 14.1 Å². The van der Waals surface area contributed by atoms with Crippen molar-refractivity contribution >= 4 is 23.6 Å². The lowest BCUT2D eigenvalue weighted by Gasteiger charge is -2.19. The predicted molar refractivity (Wildman–Crippen MR) is 73.7 cm³/mol. The van der Waals surface area contributed by atoms with Gasteiger partial charge in [0, 0.05) is 26.8 Å². The zero-order valence-corrected chi connectivity index (χ0v) is 11.6. The van der Waals surface area contributed by atoms with E-state index in [1.807, 2.05) is 0 Å². The number of rotatable bonds is 4. The highest BCUT2D eigenvalue weighted by Crippen LogP contribution is 2.10. The number of nitrogens with one attached hydrogen (secondary N) is 1. The monoisotopic (exact) mass is 279 g/mol. The summed E-state index contributed by atoms with van der Waals surface area (Å²) in [6.07, 6.45) is 0. The maximum atomic E-state index is 11.8. The van der Waals surface area contributed by atoms with Crippen LogP contribution in [0.3, 0.4) is 0 Å². The Bertz CT molecular complexity index is 511. The van der Waals surface area contributed by atoms with E-state index in [0.29, 0.717) is 5.69 Å². The summed E-state index contributed by atoms with van der Waals surface area (Å²) in [5.74, 6) is -1.22. The van der Waals surface area contributed by atoms with E-state index in [-0.39, 0.29) is 18.0 Å². The van der Waals surface area contributed by atoms with Gasteiger partial charge >= 0.3 is 12.0 Å². The highest BCUT2D eigenvalue weighted by Gasteiger charge is 2.14. The van der Waals surface area contributed by atoms with Gasteiger partial charge in [-0.2, -0.15) is 0 Å². The first-order valence-electron chi connectivity index (χ1n) is 5.87. The first-order chi connectivity index (χ1) is 9.31. The Balaban J connectivity index is 2.61. The molecule has 0 radical (unpaired) electrons. The zero-order valence-electron chi connectivity index (χ0n) is 11.6. The Labute approximate surface area is 116 Å². The average Bonchev–Trinajstić information content (AvgIpc) is 2.38. The van der Waals surface area contributed by atoms with E-state index in [9.17, 15) is 14.4 Å². The average molecular weight is 279 g/mol. The molecule has 0 aliphatic heterocycles. The van der Waals surface area contributed by atoms with Gasteiger partial charge in [-0.15, -0.1) is 0 Å². The third-order valence-electron chi connectivity index (χ3n) is 2.60. The van der Waals surface area contributed by atoms with Crippen LogP contribution in [0.1, 0.15) is 10.4 Å². The number of carbonyl (C=O) groups is 3. The van der Waals surface area contributed by atoms with E-state index in [4.69, 9.17) is 5.11 Å². The van der Waals surface area contributed by atoms with Crippen molar-refractivity contribution in [1.82, 2.24) is 9.80 Å². The molecule has 2 N–H and O–H groups in total. The van der Waals surface area contributed by atoms with Crippen LogP contribution in [-0.2, 0) is 4.79 Å². The van der Waals surface area contributed by atoms with Crippen molar-refractivity contribution in [2.75, 3.05) is 33.0 Å². The summed E-state index contributed by atoms with van der Waals surface area (Å²) in [5.41, 5.74) is 0.600. The van der Waals surface area contributed by atoms with Crippen molar-refractivity contribution in [2.24, 2.45) is 0 Å². The topological polar surface area (TPSA) is 90.0 Å². The van der Waals surface area contributed by atoms with Crippen molar-refractivity contribution < 1.29 is 19.5 Å². The predicted octanol–water partition coefficient (Wildman–Crippen LogP) is 0.937. The molecule has 0 fully saturated rings. The highest BCUT2D eigenvalue weighted by molar-refractivity contribution is 5.93. The molecule has 0 unspecified atom stereocenters. The van der Waals surface area contributed by atoms with Gasteiger partial charge in [-0.05, 0) is 24.3 Å². The van der Waals surface area contributed by atoms with Gasteiger partial charge in [0.25, 0.3) is 0 Å². The number of carboxylic acids is 1. The molecular weight excluding hydrogens is 262 g/mol. The van der Waals surface area contributed by atoms with Gasteiger partial charge < -0.3 is 20.2 Å². The Morgan fingerprint density at radius 1 is 1.10 bits per heavy atom. The second-order valence-electron chi connectivity index (χ2n) is 4.46. The molecule has 0 saturated carbocycles. The molecule has 0 aromatic heterocycles. The molecule has 0 saturated heterocycles. The molecule has 0 aliphatic rings. The molecule has 0 bridgehead atoms. The van der Waals surface area contributed by atoms with Crippen LogP contribution in [0.15, 0.2) is 24.3 Å². The van der Waals surface area contributed by atoms with Crippen LogP contribution in [0.2, 0.25) is 0 Å². The molecule has 1 rings (SSSR count). The van der Waals surface area contributed by atoms with Crippen LogP contribution in [0.4, 0.5) is 10.5 Å². The molecule has 0 aliphatic carbocycles. The molecule has 108 valence electrons. The second-order valence-corrected chi connectivity index (χ2v) is 4.46. The number of urea groups is 1. The normalized spacial score (nSPS) is 9.75. The smallest absolute Gasteiger partial charge is 0.335 e. The second kappa shape index (κ2) is 6.55. The first kappa shape index (κ1) is 15.5. The van der Waals surface area contributed by atoms with Crippen LogP contribution in [0.5, 0.6) is 0 Å². The molecule has 7 nitrogen and oxygen atoms in total. The summed E-state index contributed by atoms with van der Waals surface area (Å²) >= 11 is 0. The van der Waals surface area contributed by atoms with Crippen LogP contribution < -0.4 is 5.32 Å². The van der Waals surface area contributed by atoms with Crippen LogP contribution in [-0.4, -0.2) is 60.5 Å². The fourth-order valence-electron chi connectivity index (χ4n) is 1.33. The first-order valence-corrected chi connectivity index (χ1v) is 5.87. The lowest BCUT2D eigenvalue weighted by atomic mass is 10.2. The van der Waals surface area contributed by atoms with Gasteiger partial charge in [-0.3, -0.25) is 4.79 Å². The highest BCUT2D eigenvalue weighted by atomic mass is 16.4. The summed E-state index contributed by atoms with van der Waals surface area (Å²) < 4.78 is 0. The molecule has 1 aromatic carbocycles. The molecule has 20 heavy (non-hydrogen) atoms. The minimum atomic E-state index is -1.03. The van der Waals surface area contributed by atoms with Gasteiger partial charge in [0.05, 0.1) is 5.56 Å². The fourth-order valence-corrected chi connectivity index (χ4v) is 1.33. The lowest BCUT2D eigenvalue weighted by Crippen LogP contribution is -2.39. The van der Waals surface area contributed by atoms with Gasteiger partial charge in [0.15, 0.2) is 0 Å². The standard InChI is InChI=1S/C13H17N3O4/c1-15(2)11(17)8-16(3)13(20)14-10-6-4-9(5-7-10)12(18)19/h4-7H,8H2,1-3H3,(H,14,20)(H,18,19). The quantitative estimate of drug-likeness (QED) is 0.858. The third-order valence-corrected chi connectivity index (χ3v) is 2.60. The van der Waals surface area contributed by atoms with Crippen LogP contribution in [0, 0.1) is 0 Å². The van der Waals surface area contributed by atoms with E-state index in [1.165, 1.54) is 41.1 Å². The molecule has 7 heteroatoms. The Morgan fingerprint density at radius 2 is 1.65 bits per heavy atom. The molecular formula is C13H17N3O4. The Hall–Kier alpha value is -2.57. The van der Waals surface area contributed by atoms with Crippen molar-refractivity contribution in [3.8, 4) is 0 Å². The number of hydrogen-bond acceptors (Lipinski definition) is 3. The molecule has 0 heterocycles. The van der Waals surface area contributed by atoms with Gasteiger partial charge in [0.2, 0.25) is 5.91 Å². The molecule has 1 aromatic rings. The summed E-state index contributed by atoms with van der Waals surface area (Å²) in [6.45, 7) is -0.0357. The van der Waals surface area contributed by atoms with Crippen molar-refractivity contribution in [3.05, 3.63) is 29.8 Å². The maximum absolute atomic E-state index is 11.8.